The lowest BCUT2D eigenvalue weighted by atomic mass is 10.5. The molecule has 2 heterocycles. The molecule has 0 aliphatic carbocycles. The Hall–Kier alpha value is -0.650. The van der Waals surface area contributed by atoms with Gasteiger partial charge in [0.25, 0.3) is 0 Å². The molecular weight excluding hydrogens is 253 g/mol. The second-order valence-electron chi connectivity index (χ2n) is 2.36. The molecule has 0 atom stereocenters. The van der Waals surface area contributed by atoms with Crippen molar-refractivity contribution in [2.45, 2.75) is 6.92 Å². The van der Waals surface area contributed by atoms with Crippen LogP contribution < -0.4 is 0 Å². The third kappa shape index (κ3) is 1.22. The van der Waals surface area contributed by atoms with Gasteiger partial charge in [0.15, 0.2) is 5.65 Å². The third-order valence-corrected chi connectivity index (χ3v) is 1.96. The molecule has 2 rings (SSSR count). The van der Waals surface area contributed by atoms with E-state index in [4.69, 9.17) is 0 Å². The fourth-order valence-electron chi connectivity index (χ4n) is 0.970. The van der Waals surface area contributed by atoms with Crippen molar-refractivity contribution in [3.63, 3.8) is 0 Å². The third-order valence-electron chi connectivity index (χ3n) is 1.44. The van der Waals surface area contributed by atoms with Gasteiger partial charge in [-0.1, -0.05) is 0 Å². The smallest absolute Gasteiger partial charge is 0.156 e. The van der Waals surface area contributed by atoms with E-state index in [1.807, 2.05) is 23.7 Å². The Labute approximate surface area is 77.6 Å². The van der Waals surface area contributed by atoms with E-state index in [1.165, 1.54) is 0 Å². The first kappa shape index (κ1) is 7.02. The van der Waals surface area contributed by atoms with Crippen molar-refractivity contribution in [3.8, 4) is 0 Å². The van der Waals surface area contributed by atoms with Crippen molar-refractivity contribution in [3.05, 3.63) is 28.0 Å². The van der Waals surface area contributed by atoms with E-state index in [0.717, 1.165) is 15.0 Å². The number of fused-ring (bicyclic) bond motifs is 1. The second-order valence-corrected chi connectivity index (χ2v) is 3.46. The van der Waals surface area contributed by atoms with Gasteiger partial charge < -0.3 is 4.40 Å². The van der Waals surface area contributed by atoms with Crippen molar-refractivity contribution in [2.24, 2.45) is 0 Å². The Morgan fingerprint density at radius 2 is 2.27 bits per heavy atom. The molecule has 0 saturated carbocycles. The van der Waals surface area contributed by atoms with Crippen molar-refractivity contribution in [2.75, 3.05) is 0 Å². The summed E-state index contributed by atoms with van der Waals surface area (Å²) < 4.78 is 2.97. The molecule has 3 nitrogen and oxygen atoms in total. The van der Waals surface area contributed by atoms with E-state index < -0.39 is 0 Å². The maximum Gasteiger partial charge on any atom is 0.156 e. The van der Waals surface area contributed by atoms with E-state index in [0.29, 0.717) is 0 Å². The molecule has 0 aliphatic heterocycles. The van der Waals surface area contributed by atoms with Gasteiger partial charge in [0.05, 0.1) is 11.9 Å². The highest BCUT2D eigenvalue weighted by Crippen LogP contribution is 2.06. The maximum absolute atomic E-state index is 4.24. The number of imidazole rings is 1. The standard InChI is InChI=1S/C7H6IN3/c1-5-3-11-4-6(8)10-7(11)2-9-5/h2-4H,1H3. The van der Waals surface area contributed by atoms with Gasteiger partial charge in [0.1, 0.15) is 3.70 Å². The molecule has 0 fully saturated rings. The monoisotopic (exact) mass is 259 g/mol. The van der Waals surface area contributed by atoms with E-state index >= 15 is 0 Å². The minimum atomic E-state index is 0.903. The molecule has 0 aliphatic rings. The van der Waals surface area contributed by atoms with Crippen LogP contribution in [0.5, 0.6) is 0 Å². The van der Waals surface area contributed by atoms with E-state index in [-0.39, 0.29) is 0 Å². The highest BCUT2D eigenvalue weighted by molar-refractivity contribution is 14.1. The molecule has 0 amide bonds. The molecular formula is C7H6IN3. The van der Waals surface area contributed by atoms with Crippen molar-refractivity contribution < 1.29 is 0 Å². The summed E-state index contributed by atoms with van der Waals surface area (Å²) in [6, 6.07) is 0. The Balaban J connectivity index is 2.82. The lowest BCUT2D eigenvalue weighted by Gasteiger charge is -1.92. The first-order valence-electron chi connectivity index (χ1n) is 3.22. The summed E-state index contributed by atoms with van der Waals surface area (Å²) in [6.45, 7) is 1.96. The number of rotatable bonds is 0. The van der Waals surface area contributed by atoms with Crippen LogP contribution in [0.25, 0.3) is 5.65 Å². The van der Waals surface area contributed by atoms with Crippen LogP contribution in [0.3, 0.4) is 0 Å². The van der Waals surface area contributed by atoms with Crippen LogP contribution in [0.15, 0.2) is 18.6 Å². The number of hydrogen-bond donors (Lipinski definition) is 0. The normalized spacial score (nSPS) is 10.7. The molecule has 0 saturated heterocycles. The predicted molar refractivity (Wildman–Crippen MR) is 50.4 cm³/mol. The summed E-state index contributed by atoms with van der Waals surface area (Å²) in [6.07, 6.45) is 5.71. The van der Waals surface area contributed by atoms with Crippen LogP contribution in [-0.2, 0) is 0 Å². The lowest BCUT2D eigenvalue weighted by Crippen LogP contribution is -1.87. The number of nitrogens with zero attached hydrogens (tertiary/aromatic N) is 3. The molecule has 0 N–H and O–H groups in total. The Morgan fingerprint density at radius 3 is 3.09 bits per heavy atom. The molecule has 4 heteroatoms. The second kappa shape index (κ2) is 2.44. The van der Waals surface area contributed by atoms with E-state index in [9.17, 15) is 0 Å². The Kier molecular flexibility index (Phi) is 1.56. The molecule has 11 heavy (non-hydrogen) atoms. The van der Waals surface area contributed by atoms with Gasteiger partial charge in [0.2, 0.25) is 0 Å². The first-order chi connectivity index (χ1) is 5.25. The Bertz CT molecular complexity index is 393. The highest BCUT2D eigenvalue weighted by Gasteiger charge is 1.97. The fourth-order valence-corrected chi connectivity index (χ4v) is 1.52. The van der Waals surface area contributed by atoms with Crippen LogP contribution in [0.2, 0.25) is 0 Å². The zero-order valence-electron chi connectivity index (χ0n) is 5.95. The molecule has 0 aromatic carbocycles. The van der Waals surface area contributed by atoms with Gasteiger partial charge >= 0.3 is 0 Å². The van der Waals surface area contributed by atoms with E-state index in [2.05, 4.69) is 32.6 Å². The van der Waals surface area contributed by atoms with Crippen LogP contribution in [0.4, 0.5) is 0 Å². The highest BCUT2D eigenvalue weighted by atomic mass is 127. The molecule has 0 spiro atoms. The average Bonchev–Trinajstić information content (AvgIpc) is 2.27. The predicted octanol–water partition coefficient (Wildman–Crippen LogP) is 1.64. The number of aromatic nitrogens is 3. The summed E-state index contributed by atoms with van der Waals surface area (Å²) >= 11 is 2.18. The summed E-state index contributed by atoms with van der Waals surface area (Å²) in [7, 11) is 0. The molecule has 0 bridgehead atoms. The van der Waals surface area contributed by atoms with Crippen LogP contribution in [-0.4, -0.2) is 14.4 Å². The largest absolute Gasteiger partial charge is 0.303 e. The van der Waals surface area contributed by atoms with Crippen LogP contribution in [0.1, 0.15) is 5.69 Å². The fraction of sp³-hybridized carbons (Fsp3) is 0.143. The van der Waals surface area contributed by atoms with Gasteiger partial charge in [-0.15, -0.1) is 0 Å². The van der Waals surface area contributed by atoms with E-state index in [1.54, 1.807) is 6.20 Å². The van der Waals surface area contributed by atoms with Gasteiger partial charge in [-0.2, -0.15) is 0 Å². The lowest BCUT2D eigenvalue weighted by molar-refractivity contribution is 1.07. The van der Waals surface area contributed by atoms with Crippen LogP contribution >= 0.6 is 22.6 Å². The zero-order valence-corrected chi connectivity index (χ0v) is 8.11. The first-order valence-corrected chi connectivity index (χ1v) is 4.30. The molecule has 2 aromatic heterocycles. The summed E-state index contributed by atoms with van der Waals surface area (Å²) in [4.78, 5) is 8.38. The van der Waals surface area contributed by atoms with Gasteiger partial charge in [-0.25, -0.2) is 4.98 Å². The van der Waals surface area contributed by atoms with Crippen molar-refractivity contribution >= 4 is 28.2 Å². The van der Waals surface area contributed by atoms with Gasteiger partial charge in [-0.3, -0.25) is 4.98 Å². The number of hydrogen-bond acceptors (Lipinski definition) is 2. The van der Waals surface area contributed by atoms with Crippen molar-refractivity contribution in [1.82, 2.24) is 14.4 Å². The van der Waals surface area contributed by atoms with Crippen LogP contribution in [0, 0.1) is 10.6 Å². The topological polar surface area (TPSA) is 30.2 Å². The minimum Gasteiger partial charge on any atom is -0.303 e. The minimum absolute atomic E-state index is 0.903. The number of halogens is 1. The van der Waals surface area contributed by atoms with Gasteiger partial charge in [-0.05, 0) is 29.5 Å². The van der Waals surface area contributed by atoms with Crippen molar-refractivity contribution in [1.29, 1.82) is 0 Å². The Morgan fingerprint density at radius 1 is 1.45 bits per heavy atom. The molecule has 0 radical (unpaired) electrons. The quantitative estimate of drug-likeness (QED) is 0.673. The van der Waals surface area contributed by atoms with Gasteiger partial charge in [0, 0.05) is 12.4 Å². The molecule has 56 valence electrons. The molecule has 0 unspecified atom stereocenters. The zero-order chi connectivity index (χ0) is 7.84. The molecule has 2 aromatic rings. The SMILES string of the molecule is Cc1cn2cc(I)nc2cn1. The summed E-state index contributed by atoms with van der Waals surface area (Å²) in [5.74, 6) is 0. The summed E-state index contributed by atoms with van der Waals surface area (Å²) in [5, 5.41) is 0. The summed E-state index contributed by atoms with van der Waals surface area (Å²) in [5.41, 5.74) is 1.91. The number of aryl methyl sites for hydroxylation is 1. The maximum atomic E-state index is 4.24. The average molecular weight is 259 g/mol.